The summed E-state index contributed by atoms with van der Waals surface area (Å²) in [4.78, 5) is 7.93. The molecule has 0 aliphatic heterocycles. The number of aromatic nitrogens is 6. The van der Waals surface area contributed by atoms with E-state index in [0.717, 1.165) is 21.1 Å². The molecule has 120 valence electrons. The molecule has 0 aliphatic rings. The summed E-state index contributed by atoms with van der Waals surface area (Å²) in [6, 6.07) is 7.55. The number of anilines is 1. The second-order valence-electron chi connectivity index (χ2n) is 4.29. The summed E-state index contributed by atoms with van der Waals surface area (Å²) in [6.07, 6.45) is 6.90. The molecule has 0 amide bonds. The first-order chi connectivity index (χ1) is 11.7. The molecule has 0 bridgehead atoms. The van der Waals surface area contributed by atoms with E-state index in [1.54, 1.807) is 24.8 Å². The molecule has 0 spiro atoms. The highest BCUT2D eigenvalue weighted by Gasteiger charge is 2.03. The Morgan fingerprint density at radius 1 is 0.792 bits per heavy atom. The zero-order valence-corrected chi connectivity index (χ0v) is 14.5. The maximum absolute atomic E-state index is 5.63. The van der Waals surface area contributed by atoms with E-state index in [9.17, 15) is 0 Å². The summed E-state index contributed by atoms with van der Waals surface area (Å²) in [5, 5.41) is 17.3. The summed E-state index contributed by atoms with van der Waals surface area (Å²) in [6.45, 7) is 0. The third kappa shape index (κ3) is 4.28. The fourth-order valence-corrected chi connectivity index (χ4v) is 3.07. The lowest BCUT2D eigenvalue weighted by atomic mass is 10.3. The molecule has 2 N–H and O–H groups in total. The first-order valence-electron chi connectivity index (χ1n) is 6.61. The minimum absolute atomic E-state index is 0.453. The molecule has 10 heteroatoms. The van der Waals surface area contributed by atoms with Gasteiger partial charge in [-0.05, 0) is 35.9 Å². The Morgan fingerprint density at radius 3 is 1.79 bits per heavy atom. The average molecular weight is 376 g/mol. The van der Waals surface area contributed by atoms with Crippen molar-refractivity contribution in [3.63, 3.8) is 0 Å². The summed E-state index contributed by atoms with van der Waals surface area (Å²) >= 11 is 8.34. The maximum atomic E-state index is 5.63. The van der Waals surface area contributed by atoms with E-state index >= 15 is 0 Å². The van der Waals surface area contributed by atoms with Crippen molar-refractivity contribution in [1.29, 1.82) is 0 Å². The van der Waals surface area contributed by atoms with Crippen LogP contribution in [0.15, 0.2) is 49.1 Å². The summed E-state index contributed by atoms with van der Waals surface area (Å²) in [5.41, 5.74) is 7.34. The Morgan fingerprint density at radius 2 is 1.38 bits per heavy atom. The molecule has 4 aromatic heterocycles. The van der Waals surface area contributed by atoms with Gasteiger partial charge in [0.25, 0.3) is 0 Å². The molecule has 7 nitrogen and oxygen atoms in total. The Labute approximate surface area is 150 Å². The lowest BCUT2D eigenvalue weighted by Gasteiger charge is -1.89. The van der Waals surface area contributed by atoms with Gasteiger partial charge in [0, 0.05) is 35.9 Å². The predicted molar refractivity (Wildman–Crippen MR) is 95.7 cm³/mol. The Bertz CT molecular complexity index is 820. The zero-order valence-electron chi connectivity index (χ0n) is 12.1. The van der Waals surface area contributed by atoms with Crippen LogP contribution in [0.5, 0.6) is 0 Å². The Balaban J connectivity index is 0.000000141. The average Bonchev–Trinajstić information content (AvgIpc) is 3.26. The third-order valence-electron chi connectivity index (χ3n) is 2.66. The first-order valence-corrected chi connectivity index (χ1v) is 8.62. The number of hydrogen-bond donors (Lipinski definition) is 1. The molecule has 0 aromatic carbocycles. The molecule has 4 heterocycles. The molecule has 0 radical (unpaired) electrons. The summed E-state index contributed by atoms with van der Waals surface area (Å²) < 4.78 is 0.453. The standard InChI is InChI=1S/C7H4ClN3S.C7H6N4S/c2*8-7-11-10-6(12-7)5-2-1-3-9-4-5/h1-4H;1-4H,(H2,8,11). The maximum Gasteiger partial charge on any atom is 0.207 e. The van der Waals surface area contributed by atoms with Crippen molar-refractivity contribution in [1.82, 2.24) is 30.4 Å². The van der Waals surface area contributed by atoms with Gasteiger partial charge in [0.1, 0.15) is 5.01 Å². The van der Waals surface area contributed by atoms with Crippen LogP contribution in [0.1, 0.15) is 0 Å². The van der Waals surface area contributed by atoms with Crippen molar-refractivity contribution in [2.45, 2.75) is 0 Å². The van der Waals surface area contributed by atoms with Crippen molar-refractivity contribution in [3.05, 3.63) is 53.5 Å². The number of pyridine rings is 2. The van der Waals surface area contributed by atoms with Crippen LogP contribution < -0.4 is 5.73 Å². The van der Waals surface area contributed by atoms with Crippen LogP contribution in [0, 0.1) is 0 Å². The molecule has 0 saturated carbocycles. The van der Waals surface area contributed by atoms with E-state index in [1.807, 2.05) is 24.3 Å². The quantitative estimate of drug-likeness (QED) is 0.572. The van der Waals surface area contributed by atoms with Crippen LogP contribution in [0.4, 0.5) is 5.13 Å². The van der Waals surface area contributed by atoms with Gasteiger partial charge in [0.05, 0.1) is 0 Å². The third-order valence-corrected chi connectivity index (χ3v) is 4.53. The molecule has 0 fully saturated rings. The lowest BCUT2D eigenvalue weighted by molar-refractivity contribution is 1.09. The topological polar surface area (TPSA) is 103 Å². The highest BCUT2D eigenvalue weighted by molar-refractivity contribution is 7.18. The zero-order chi connectivity index (χ0) is 16.8. The van der Waals surface area contributed by atoms with Gasteiger partial charge in [-0.25, -0.2) is 0 Å². The van der Waals surface area contributed by atoms with E-state index < -0.39 is 0 Å². The van der Waals surface area contributed by atoms with Gasteiger partial charge in [-0.3, -0.25) is 9.97 Å². The van der Waals surface area contributed by atoms with Crippen molar-refractivity contribution >= 4 is 39.4 Å². The summed E-state index contributed by atoms with van der Waals surface area (Å²) in [5.74, 6) is 0. The molecule has 24 heavy (non-hydrogen) atoms. The molecule has 4 aromatic rings. The fourth-order valence-electron chi connectivity index (χ4n) is 1.65. The normalized spacial score (nSPS) is 10.0. The van der Waals surface area contributed by atoms with Gasteiger partial charge in [-0.1, -0.05) is 22.7 Å². The minimum atomic E-state index is 0.453. The van der Waals surface area contributed by atoms with Crippen LogP contribution in [-0.2, 0) is 0 Å². The van der Waals surface area contributed by atoms with E-state index in [0.29, 0.717) is 9.60 Å². The largest absolute Gasteiger partial charge is 0.374 e. The fraction of sp³-hybridized carbons (Fsp3) is 0. The van der Waals surface area contributed by atoms with Crippen molar-refractivity contribution in [2.75, 3.05) is 5.73 Å². The minimum Gasteiger partial charge on any atom is -0.374 e. The molecule has 4 rings (SSSR count). The van der Waals surface area contributed by atoms with Crippen molar-refractivity contribution in [3.8, 4) is 21.1 Å². The van der Waals surface area contributed by atoms with Crippen LogP contribution >= 0.6 is 34.3 Å². The molecule has 0 unspecified atom stereocenters. The Hall–Kier alpha value is -2.49. The van der Waals surface area contributed by atoms with Gasteiger partial charge in [0.2, 0.25) is 9.60 Å². The Kier molecular flexibility index (Phi) is 5.36. The number of nitrogens with zero attached hydrogens (tertiary/aromatic N) is 6. The van der Waals surface area contributed by atoms with Gasteiger partial charge in [-0.2, -0.15) is 0 Å². The monoisotopic (exact) mass is 375 g/mol. The van der Waals surface area contributed by atoms with Crippen molar-refractivity contribution in [2.24, 2.45) is 0 Å². The second-order valence-corrected chi connectivity index (χ2v) is 6.86. The number of hydrogen-bond acceptors (Lipinski definition) is 9. The number of rotatable bonds is 2. The van der Waals surface area contributed by atoms with Crippen LogP contribution in [0.25, 0.3) is 21.1 Å². The van der Waals surface area contributed by atoms with Crippen LogP contribution in [0.3, 0.4) is 0 Å². The van der Waals surface area contributed by atoms with Gasteiger partial charge in [0.15, 0.2) is 5.01 Å². The number of halogens is 1. The first kappa shape index (κ1) is 16.4. The summed E-state index contributed by atoms with van der Waals surface area (Å²) in [7, 11) is 0. The SMILES string of the molecule is Clc1nnc(-c2cccnc2)s1.Nc1nnc(-c2cccnc2)s1. The van der Waals surface area contributed by atoms with E-state index in [2.05, 4.69) is 30.4 Å². The number of nitrogen functional groups attached to an aromatic ring is 1. The van der Waals surface area contributed by atoms with E-state index in [4.69, 9.17) is 17.3 Å². The molecule has 0 aliphatic carbocycles. The van der Waals surface area contributed by atoms with Crippen LogP contribution in [-0.4, -0.2) is 30.4 Å². The van der Waals surface area contributed by atoms with Crippen LogP contribution in [0.2, 0.25) is 4.47 Å². The molecular weight excluding hydrogens is 366 g/mol. The highest BCUT2D eigenvalue weighted by Crippen LogP contribution is 2.24. The molecule has 0 atom stereocenters. The number of nitrogens with two attached hydrogens (primary N) is 1. The molecule has 0 saturated heterocycles. The van der Waals surface area contributed by atoms with Gasteiger partial charge < -0.3 is 5.73 Å². The smallest absolute Gasteiger partial charge is 0.207 e. The van der Waals surface area contributed by atoms with E-state index in [-0.39, 0.29) is 0 Å². The van der Waals surface area contributed by atoms with Gasteiger partial charge in [-0.15, -0.1) is 20.4 Å². The highest BCUT2D eigenvalue weighted by atomic mass is 35.5. The lowest BCUT2D eigenvalue weighted by Crippen LogP contribution is -1.80. The predicted octanol–water partition coefficient (Wildman–Crippen LogP) is 3.44. The molecular formula is C14H10ClN7S2. The van der Waals surface area contributed by atoms with E-state index in [1.165, 1.54) is 22.7 Å². The second kappa shape index (κ2) is 7.86. The van der Waals surface area contributed by atoms with Crippen molar-refractivity contribution < 1.29 is 0 Å². The van der Waals surface area contributed by atoms with Gasteiger partial charge >= 0.3 is 0 Å².